The minimum atomic E-state index is 0.520. The van der Waals surface area contributed by atoms with E-state index in [0.29, 0.717) is 29.0 Å². The van der Waals surface area contributed by atoms with E-state index in [1.54, 1.807) is 12.3 Å². The van der Waals surface area contributed by atoms with Gasteiger partial charge >= 0.3 is 0 Å². The van der Waals surface area contributed by atoms with Crippen molar-refractivity contribution >= 4 is 17.3 Å². The Kier molecular flexibility index (Phi) is 4.99. The number of hydrogen-bond donors (Lipinski definition) is 0. The summed E-state index contributed by atoms with van der Waals surface area (Å²) < 4.78 is 5.75. The van der Waals surface area contributed by atoms with Crippen LogP contribution in [0.25, 0.3) is 0 Å². The van der Waals surface area contributed by atoms with Gasteiger partial charge in [0.1, 0.15) is 6.07 Å². The Balaban J connectivity index is 1.55. The van der Waals surface area contributed by atoms with E-state index in [-0.39, 0.29) is 0 Å². The van der Waals surface area contributed by atoms with Gasteiger partial charge in [-0.1, -0.05) is 17.7 Å². The molecule has 0 spiro atoms. The summed E-state index contributed by atoms with van der Waals surface area (Å²) in [6.45, 7) is 2.54. The molecule has 5 heteroatoms. The number of benzene rings is 1. The number of rotatable bonds is 4. The summed E-state index contributed by atoms with van der Waals surface area (Å²) in [5, 5.41) is 9.87. The van der Waals surface area contributed by atoms with Gasteiger partial charge in [-0.25, -0.2) is 4.98 Å². The second-order valence-corrected chi connectivity index (χ2v) is 6.12. The van der Waals surface area contributed by atoms with E-state index in [4.69, 9.17) is 16.3 Å². The molecule has 1 aliphatic rings. The van der Waals surface area contributed by atoms with Crippen molar-refractivity contribution in [2.24, 2.45) is 5.92 Å². The average molecular weight is 328 g/mol. The molecule has 0 radical (unpaired) electrons. The maximum Gasteiger partial charge on any atom is 0.213 e. The minimum absolute atomic E-state index is 0.520. The molecule has 0 N–H and O–H groups in total. The number of hydrogen-bond acceptors (Lipinski definition) is 4. The van der Waals surface area contributed by atoms with Crippen LogP contribution in [-0.4, -0.2) is 24.7 Å². The smallest absolute Gasteiger partial charge is 0.213 e. The van der Waals surface area contributed by atoms with Gasteiger partial charge in [-0.15, -0.1) is 0 Å². The van der Waals surface area contributed by atoms with Crippen LogP contribution in [0.4, 0.5) is 5.69 Å². The average Bonchev–Trinajstić information content (AvgIpc) is 2.61. The van der Waals surface area contributed by atoms with Crippen molar-refractivity contribution in [3.05, 3.63) is 53.2 Å². The summed E-state index contributed by atoms with van der Waals surface area (Å²) in [5.41, 5.74) is 1.61. The molecule has 2 heterocycles. The molecule has 118 valence electrons. The fourth-order valence-corrected chi connectivity index (χ4v) is 3.02. The van der Waals surface area contributed by atoms with E-state index in [1.807, 2.05) is 30.3 Å². The fraction of sp³-hybridized carbons (Fsp3) is 0.333. The number of pyridine rings is 1. The Morgan fingerprint density at radius 1 is 1.26 bits per heavy atom. The molecule has 1 aliphatic heterocycles. The van der Waals surface area contributed by atoms with Crippen LogP contribution >= 0.6 is 11.6 Å². The Hall–Kier alpha value is -2.25. The van der Waals surface area contributed by atoms with Crippen molar-refractivity contribution in [2.45, 2.75) is 12.8 Å². The normalized spacial score (nSPS) is 15.2. The van der Waals surface area contributed by atoms with Crippen molar-refractivity contribution < 1.29 is 4.74 Å². The Morgan fingerprint density at radius 2 is 2.09 bits per heavy atom. The molecule has 0 unspecified atom stereocenters. The van der Waals surface area contributed by atoms with Gasteiger partial charge in [-0.3, -0.25) is 0 Å². The van der Waals surface area contributed by atoms with Crippen molar-refractivity contribution in [1.29, 1.82) is 5.26 Å². The van der Waals surface area contributed by atoms with Crippen LogP contribution in [0.15, 0.2) is 42.6 Å². The van der Waals surface area contributed by atoms with Crippen LogP contribution in [0.2, 0.25) is 5.02 Å². The number of anilines is 1. The van der Waals surface area contributed by atoms with Crippen LogP contribution in [0, 0.1) is 17.2 Å². The van der Waals surface area contributed by atoms with Gasteiger partial charge in [0.05, 0.1) is 17.9 Å². The van der Waals surface area contributed by atoms with Crippen LogP contribution in [-0.2, 0) is 0 Å². The molecule has 1 saturated heterocycles. The topological polar surface area (TPSA) is 49.2 Å². The van der Waals surface area contributed by atoms with Gasteiger partial charge in [-0.2, -0.15) is 5.26 Å². The lowest BCUT2D eigenvalue weighted by molar-refractivity contribution is 0.216. The quantitative estimate of drug-likeness (QED) is 0.854. The second kappa shape index (κ2) is 7.34. The zero-order valence-corrected chi connectivity index (χ0v) is 13.5. The predicted octanol–water partition coefficient (Wildman–Crippen LogP) is 3.90. The largest absolute Gasteiger partial charge is 0.477 e. The molecule has 2 aromatic rings. The summed E-state index contributed by atoms with van der Waals surface area (Å²) in [6.07, 6.45) is 3.82. The monoisotopic (exact) mass is 327 g/mol. The number of ether oxygens (including phenoxy) is 1. The van der Waals surface area contributed by atoms with E-state index in [2.05, 4.69) is 16.0 Å². The first-order valence-corrected chi connectivity index (χ1v) is 8.12. The number of halogens is 1. The van der Waals surface area contributed by atoms with Gasteiger partial charge in [0.2, 0.25) is 5.88 Å². The summed E-state index contributed by atoms with van der Waals surface area (Å²) in [4.78, 5) is 6.43. The van der Waals surface area contributed by atoms with Gasteiger partial charge in [0.15, 0.2) is 0 Å². The summed E-state index contributed by atoms with van der Waals surface area (Å²) >= 11 is 5.97. The van der Waals surface area contributed by atoms with E-state index in [9.17, 15) is 5.26 Å². The molecule has 0 bridgehead atoms. The highest BCUT2D eigenvalue weighted by molar-refractivity contribution is 6.30. The van der Waals surface area contributed by atoms with E-state index in [0.717, 1.165) is 31.6 Å². The van der Waals surface area contributed by atoms with Crippen LogP contribution in [0.5, 0.6) is 5.88 Å². The molecule has 3 rings (SSSR count). The maximum atomic E-state index is 9.27. The third-order valence-electron chi connectivity index (χ3n) is 4.14. The summed E-state index contributed by atoms with van der Waals surface area (Å²) in [6, 6.07) is 13.4. The third-order valence-corrected chi connectivity index (χ3v) is 4.37. The molecule has 1 aromatic heterocycles. The lowest BCUT2D eigenvalue weighted by atomic mass is 9.97. The maximum absolute atomic E-state index is 9.27. The zero-order valence-electron chi connectivity index (χ0n) is 12.8. The van der Waals surface area contributed by atoms with Crippen molar-refractivity contribution in [2.75, 3.05) is 24.6 Å². The van der Waals surface area contributed by atoms with E-state index < -0.39 is 0 Å². The molecule has 4 nitrogen and oxygen atoms in total. The van der Waals surface area contributed by atoms with Crippen LogP contribution < -0.4 is 9.64 Å². The molecule has 0 saturated carbocycles. The predicted molar refractivity (Wildman–Crippen MR) is 90.8 cm³/mol. The first kappa shape index (κ1) is 15.6. The number of nitriles is 1. The molecule has 1 fully saturated rings. The van der Waals surface area contributed by atoms with Crippen molar-refractivity contribution in [1.82, 2.24) is 4.98 Å². The van der Waals surface area contributed by atoms with E-state index in [1.165, 1.54) is 0 Å². The highest BCUT2D eigenvalue weighted by atomic mass is 35.5. The molecular weight excluding hydrogens is 310 g/mol. The third kappa shape index (κ3) is 3.94. The van der Waals surface area contributed by atoms with Gasteiger partial charge in [-0.05, 0) is 43.0 Å². The molecule has 0 aliphatic carbocycles. The van der Waals surface area contributed by atoms with Crippen LogP contribution in [0.3, 0.4) is 0 Å². The van der Waals surface area contributed by atoms with Gasteiger partial charge in [0, 0.05) is 30.4 Å². The van der Waals surface area contributed by atoms with Gasteiger partial charge in [0.25, 0.3) is 0 Å². The van der Waals surface area contributed by atoms with Gasteiger partial charge < -0.3 is 9.64 Å². The zero-order chi connectivity index (χ0) is 16.1. The van der Waals surface area contributed by atoms with E-state index >= 15 is 0 Å². The molecule has 1 aromatic carbocycles. The standard InChI is InChI=1S/C18H18ClN3O/c19-16-4-5-17(15(11-16)12-20)22-9-6-14(7-10-22)13-23-18-3-1-2-8-21-18/h1-5,8,11,14H,6-7,9-10,13H2. The Morgan fingerprint density at radius 3 is 2.78 bits per heavy atom. The Bertz CT molecular complexity index is 691. The first-order chi connectivity index (χ1) is 11.3. The Labute approximate surface area is 141 Å². The number of aromatic nitrogens is 1. The van der Waals surface area contributed by atoms with Crippen LogP contribution in [0.1, 0.15) is 18.4 Å². The molecular formula is C18H18ClN3O. The SMILES string of the molecule is N#Cc1cc(Cl)ccc1N1CCC(COc2ccccn2)CC1. The van der Waals surface area contributed by atoms with Crippen molar-refractivity contribution in [3.63, 3.8) is 0 Å². The van der Waals surface area contributed by atoms with Crippen molar-refractivity contribution in [3.8, 4) is 11.9 Å². The lowest BCUT2D eigenvalue weighted by Crippen LogP contribution is -2.36. The number of piperidine rings is 1. The summed E-state index contributed by atoms with van der Waals surface area (Å²) in [5.74, 6) is 1.20. The summed E-state index contributed by atoms with van der Waals surface area (Å²) in [7, 11) is 0. The second-order valence-electron chi connectivity index (χ2n) is 5.68. The highest BCUT2D eigenvalue weighted by Gasteiger charge is 2.21. The molecule has 23 heavy (non-hydrogen) atoms. The molecule has 0 amide bonds. The minimum Gasteiger partial charge on any atom is -0.477 e. The first-order valence-electron chi connectivity index (χ1n) is 7.74. The highest BCUT2D eigenvalue weighted by Crippen LogP contribution is 2.28. The molecule has 0 atom stereocenters. The number of nitrogens with zero attached hydrogens (tertiary/aromatic N) is 3. The lowest BCUT2D eigenvalue weighted by Gasteiger charge is -2.33. The fourth-order valence-electron chi connectivity index (χ4n) is 2.85.